The van der Waals surface area contributed by atoms with Crippen molar-refractivity contribution in [1.82, 2.24) is 4.57 Å². The highest BCUT2D eigenvalue weighted by Crippen LogP contribution is 2.37. The predicted molar refractivity (Wildman–Crippen MR) is 157 cm³/mol. The number of ether oxygens (including phenoxy) is 1. The van der Waals surface area contributed by atoms with Gasteiger partial charge < -0.3 is 30.2 Å². The van der Waals surface area contributed by atoms with Gasteiger partial charge in [-0.05, 0) is 43.2 Å². The zero-order valence-electron chi connectivity index (χ0n) is 22.4. The van der Waals surface area contributed by atoms with E-state index >= 15 is 4.39 Å². The lowest BCUT2D eigenvalue weighted by Gasteiger charge is -2.37. The summed E-state index contributed by atoms with van der Waals surface area (Å²) >= 11 is 12.7. The Morgan fingerprint density at radius 2 is 1.80 bits per heavy atom. The van der Waals surface area contributed by atoms with Crippen molar-refractivity contribution >= 4 is 57.2 Å². The van der Waals surface area contributed by atoms with E-state index in [1.807, 2.05) is 17.0 Å². The summed E-state index contributed by atoms with van der Waals surface area (Å²) in [5, 5.41) is 20.2. The molecule has 1 saturated heterocycles. The molecule has 0 bridgehead atoms. The van der Waals surface area contributed by atoms with Gasteiger partial charge in [0.2, 0.25) is 0 Å². The molecule has 0 unspecified atom stereocenters. The van der Waals surface area contributed by atoms with Crippen LogP contribution >= 0.6 is 23.2 Å². The molecule has 4 N–H and O–H groups in total. The molecule has 0 atom stereocenters. The van der Waals surface area contributed by atoms with E-state index in [0.29, 0.717) is 39.6 Å². The molecule has 2 aromatic carbocycles. The summed E-state index contributed by atoms with van der Waals surface area (Å²) in [6, 6.07) is 10.4. The van der Waals surface area contributed by atoms with Crippen LogP contribution in [0.25, 0.3) is 16.6 Å². The number of anilines is 1. The van der Waals surface area contributed by atoms with Crippen LogP contribution in [0, 0.1) is 5.92 Å². The number of halogens is 3. The van der Waals surface area contributed by atoms with E-state index in [-0.39, 0.29) is 67.7 Å². The van der Waals surface area contributed by atoms with Gasteiger partial charge in [0.1, 0.15) is 5.67 Å². The van der Waals surface area contributed by atoms with E-state index < -0.39 is 11.6 Å². The third-order valence-electron chi connectivity index (χ3n) is 7.87. The molecule has 1 aliphatic heterocycles. The fourth-order valence-corrected chi connectivity index (χ4v) is 5.97. The lowest BCUT2D eigenvalue weighted by atomic mass is 9.93. The number of ketones is 1. The lowest BCUT2D eigenvalue weighted by molar-refractivity contribution is -0.117. The number of piperidine rings is 1. The van der Waals surface area contributed by atoms with Gasteiger partial charge in [-0.25, -0.2) is 9.18 Å². The summed E-state index contributed by atoms with van der Waals surface area (Å²) in [4.78, 5) is 26.7. The van der Waals surface area contributed by atoms with Gasteiger partial charge in [0.15, 0.2) is 5.78 Å². The van der Waals surface area contributed by atoms with Crippen molar-refractivity contribution in [1.29, 1.82) is 0 Å². The van der Waals surface area contributed by atoms with E-state index in [9.17, 15) is 19.8 Å². The SMILES string of the molecule is NC(=C(COCC1(F)CCN(c2ccc3c(C(=O)O)cn(CCO)c3c2)CC1)C(=O)C1CC1)c1c(Cl)cccc1Cl. The molecule has 8 nitrogen and oxygen atoms in total. The third-order valence-corrected chi connectivity index (χ3v) is 8.50. The van der Waals surface area contributed by atoms with Gasteiger partial charge in [-0.3, -0.25) is 4.79 Å². The first-order valence-electron chi connectivity index (χ1n) is 13.6. The summed E-state index contributed by atoms with van der Waals surface area (Å²) in [6.07, 6.45) is 3.51. The molecule has 41 heavy (non-hydrogen) atoms. The summed E-state index contributed by atoms with van der Waals surface area (Å²) in [6.45, 7) is 0.680. The van der Waals surface area contributed by atoms with Crippen LogP contribution in [0.4, 0.5) is 10.1 Å². The van der Waals surface area contributed by atoms with E-state index in [0.717, 1.165) is 18.5 Å². The molecule has 0 amide bonds. The number of carbonyl (C=O) groups is 2. The van der Waals surface area contributed by atoms with Crippen LogP contribution in [0.1, 0.15) is 41.6 Å². The molecular weight excluding hydrogens is 572 g/mol. The zero-order valence-corrected chi connectivity index (χ0v) is 23.9. The summed E-state index contributed by atoms with van der Waals surface area (Å²) in [5.41, 5.74) is 7.33. The number of nitrogens with two attached hydrogens (primary N) is 1. The maximum atomic E-state index is 15.8. The number of carboxylic acids is 1. The number of aromatic nitrogens is 1. The molecule has 11 heteroatoms. The molecule has 1 aliphatic carbocycles. The number of benzene rings is 2. The highest BCUT2D eigenvalue weighted by Gasteiger charge is 2.37. The number of rotatable bonds is 11. The second-order valence-corrected chi connectivity index (χ2v) is 11.5. The zero-order chi connectivity index (χ0) is 29.3. The topological polar surface area (TPSA) is 118 Å². The number of aromatic carboxylic acids is 1. The smallest absolute Gasteiger partial charge is 0.337 e. The van der Waals surface area contributed by atoms with Crippen molar-refractivity contribution in [2.24, 2.45) is 11.7 Å². The van der Waals surface area contributed by atoms with Crippen LogP contribution in [-0.4, -0.2) is 65.1 Å². The summed E-state index contributed by atoms with van der Waals surface area (Å²) < 4.78 is 23.3. The second-order valence-electron chi connectivity index (χ2n) is 10.7. The molecular formula is C30H32Cl2FN3O5. The van der Waals surface area contributed by atoms with Crippen molar-refractivity contribution in [2.75, 3.05) is 37.8 Å². The van der Waals surface area contributed by atoms with Crippen molar-refractivity contribution < 1.29 is 28.9 Å². The van der Waals surface area contributed by atoms with Crippen molar-refractivity contribution in [3.05, 3.63) is 69.3 Å². The Bertz CT molecular complexity index is 1490. The number of fused-ring (bicyclic) bond motifs is 1. The van der Waals surface area contributed by atoms with Crippen LogP contribution in [0.15, 0.2) is 48.2 Å². The molecule has 1 saturated carbocycles. The molecule has 2 fully saturated rings. The number of hydrogen-bond acceptors (Lipinski definition) is 6. The number of aliphatic hydroxyl groups excluding tert-OH is 1. The van der Waals surface area contributed by atoms with Gasteiger partial charge in [0.05, 0.1) is 46.6 Å². The fourth-order valence-electron chi connectivity index (χ4n) is 5.37. The Morgan fingerprint density at radius 1 is 1.12 bits per heavy atom. The average Bonchev–Trinajstić information content (AvgIpc) is 3.73. The molecule has 218 valence electrons. The van der Waals surface area contributed by atoms with Crippen LogP contribution in [0.5, 0.6) is 0 Å². The number of nitrogens with zero attached hydrogens (tertiary/aromatic N) is 2. The number of carbonyl (C=O) groups excluding carboxylic acids is 1. The highest BCUT2D eigenvalue weighted by atomic mass is 35.5. The second kappa shape index (κ2) is 12.0. The van der Waals surface area contributed by atoms with Crippen LogP contribution in [0.2, 0.25) is 10.0 Å². The Morgan fingerprint density at radius 3 is 2.41 bits per heavy atom. The fraction of sp³-hybridized carbons (Fsp3) is 0.400. The first-order valence-corrected chi connectivity index (χ1v) is 14.3. The van der Waals surface area contributed by atoms with Gasteiger partial charge in [0, 0.05) is 66.8 Å². The Labute approximate surface area is 247 Å². The number of aliphatic hydroxyl groups is 1. The lowest BCUT2D eigenvalue weighted by Crippen LogP contribution is -2.44. The van der Waals surface area contributed by atoms with Crippen LogP contribution < -0.4 is 10.6 Å². The standard InChI is InChI=1S/C30H32Cl2FN3O5/c31-23-2-1-3-24(32)26(23)27(34)22(28(38)18-4-5-18)16-41-17-30(33)8-10-35(11-9-30)19-6-7-20-21(29(39)40)15-36(12-13-37)25(20)14-19/h1-3,6-7,14-15,18,37H,4-5,8-13,16-17,34H2,(H,39,40). The van der Waals surface area contributed by atoms with Gasteiger partial charge in [0.25, 0.3) is 0 Å². The minimum atomic E-state index is -1.58. The third kappa shape index (κ3) is 6.23. The Balaban J connectivity index is 1.26. The monoisotopic (exact) mass is 603 g/mol. The largest absolute Gasteiger partial charge is 0.478 e. The van der Waals surface area contributed by atoms with E-state index in [2.05, 4.69) is 0 Å². The summed E-state index contributed by atoms with van der Waals surface area (Å²) in [5.74, 6) is -1.26. The van der Waals surface area contributed by atoms with Gasteiger partial charge in [-0.15, -0.1) is 0 Å². The normalized spacial score (nSPS) is 17.5. The number of hydrogen-bond donors (Lipinski definition) is 3. The molecule has 2 aliphatic rings. The van der Waals surface area contributed by atoms with Crippen molar-refractivity contribution in [3.63, 3.8) is 0 Å². The number of Topliss-reactive ketones (excluding diaryl/α,β-unsaturated/α-hetero) is 1. The van der Waals surface area contributed by atoms with E-state index in [1.54, 1.807) is 28.8 Å². The van der Waals surface area contributed by atoms with Crippen LogP contribution in [0.3, 0.4) is 0 Å². The minimum absolute atomic E-state index is 0.113. The Hall–Kier alpha value is -3.11. The van der Waals surface area contributed by atoms with E-state index in [1.165, 1.54) is 6.20 Å². The summed E-state index contributed by atoms with van der Waals surface area (Å²) in [7, 11) is 0. The first kappa shape index (κ1) is 29.4. The maximum Gasteiger partial charge on any atom is 0.337 e. The minimum Gasteiger partial charge on any atom is -0.478 e. The molecule has 1 aromatic heterocycles. The molecule has 3 aromatic rings. The average molecular weight is 605 g/mol. The van der Waals surface area contributed by atoms with Gasteiger partial charge in [-0.2, -0.15) is 0 Å². The predicted octanol–water partition coefficient (Wildman–Crippen LogP) is 5.31. The van der Waals surface area contributed by atoms with Crippen molar-refractivity contribution in [3.8, 4) is 0 Å². The molecule has 0 radical (unpaired) electrons. The number of alkyl halides is 1. The quantitative estimate of drug-likeness (QED) is 0.254. The number of carboxylic acid groups (broad SMARTS) is 1. The Kier molecular flexibility index (Phi) is 8.61. The molecule has 2 heterocycles. The molecule has 0 spiro atoms. The van der Waals surface area contributed by atoms with E-state index in [4.69, 9.17) is 33.7 Å². The highest BCUT2D eigenvalue weighted by molar-refractivity contribution is 6.37. The van der Waals surface area contributed by atoms with Gasteiger partial charge in [-0.1, -0.05) is 29.3 Å². The van der Waals surface area contributed by atoms with Gasteiger partial charge >= 0.3 is 5.97 Å². The molecule has 5 rings (SSSR count). The van der Waals surface area contributed by atoms with Crippen molar-refractivity contribution in [2.45, 2.75) is 37.9 Å². The maximum absolute atomic E-state index is 15.8. The van der Waals surface area contributed by atoms with Crippen LogP contribution in [-0.2, 0) is 16.1 Å². The first-order chi connectivity index (χ1) is 19.6.